The third-order valence-corrected chi connectivity index (χ3v) is 3.43. The van der Waals surface area contributed by atoms with E-state index in [1.807, 2.05) is 7.05 Å². The summed E-state index contributed by atoms with van der Waals surface area (Å²) in [6, 6.07) is 0.554. The molecular weight excluding hydrogens is 170 g/mol. The van der Waals surface area contributed by atoms with Crippen LogP contribution in [0.5, 0.6) is 0 Å². The average Bonchev–Trinajstić information content (AvgIpc) is 2.15. The lowest BCUT2D eigenvalue weighted by Gasteiger charge is -2.27. The van der Waals surface area contributed by atoms with Gasteiger partial charge in [-0.3, -0.25) is 0 Å². The molecule has 0 saturated heterocycles. The molecule has 1 unspecified atom stereocenters. The lowest BCUT2D eigenvalue weighted by atomic mass is 9.85. The molecule has 0 bridgehead atoms. The summed E-state index contributed by atoms with van der Waals surface area (Å²) in [5, 5.41) is 3.38. The molecule has 1 heteroatoms. The third-order valence-electron chi connectivity index (χ3n) is 3.43. The Morgan fingerprint density at radius 2 is 1.79 bits per heavy atom. The monoisotopic (exact) mass is 193 g/mol. The molecule has 80 valence electrons. The molecule has 1 aliphatic rings. The van der Waals surface area contributed by atoms with E-state index in [0.717, 1.165) is 12.3 Å². The molecule has 1 rings (SSSR count). The highest BCUT2D eigenvalue weighted by Crippen LogP contribution is 2.25. The smallest absolute Gasteiger partial charge is 0.0243 e. The van der Waals surface area contributed by atoms with E-state index in [-0.39, 0.29) is 0 Å². The van der Waals surface area contributed by atoms with Crippen LogP contribution < -0.4 is 5.32 Å². The van der Waals surface area contributed by atoms with Crippen molar-refractivity contribution in [3.63, 3.8) is 0 Å². The summed E-state index contributed by atoms with van der Waals surface area (Å²) in [5.41, 5.74) is 0. The topological polar surface area (TPSA) is 12.0 Å². The van der Waals surface area contributed by atoms with Crippen LogP contribution in [0, 0.1) is 18.3 Å². The van der Waals surface area contributed by atoms with Crippen molar-refractivity contribution in [3.05, 3.63) is 0 Å². The van der Waals surface area contributed by atoms with E-state index < -0.39 is 0 Å². The van der Waals surface area contributed by atoms with Crippen molar-refractivity contribution in [1.82, 2.24) is 5.32 Å². The second kappa shape index (κ2) is 6.90. The van der Waals surface area contributed by atoms with Gasteiger partial charge in [0.05, 0.1) is 0 Å². The van der Waals surface area contributed by atoms with Crippen molar-refractivity contribution < 1.29 is 0 Å². The minimum Gasteiger partial charge on any atom is -0.316 e. The summed E-state index contributed by atoms with van der Waals surface area (Å²) in [7, 11) is 2.04. The number of terminal acetylenes is 1. The Balaban J connectivity index is 2.40. The van der Waals surface area contributed by atoms with Crippen LogP contribution in [-0.4, -0.2) is 13.1 Å². The molecule has 0 aliphatic heterocycles. The molecule has 0 aromatic rings. The Kier molecular flexibility index (Phi) is 5.71. The number of hydrogen-bond acceptors (Lipinski definition) is 1. The van der Waals surface area contributed by atoms with E-state index in [9.17, 15) is 0 Å². The van der Waals surface area contributed by atoms with Crippen molar-refractivity contribution in [2.75, 3.05) is 7.05 Å². The number of rotatable bonds is 3. The van der Waals surface area contributed by atoms with E-state index >= 15 is 0 Å². The first kappa shape index (κ1) is 11.6. The van der Waals surface area contributed by atoms with Gasteiger partial charge in [0, 0.05) is 12.5 Å². The standard InChI is InChI=1S/C13H23N/c1-3-9-13(14-2)12-10-7-5-4-6-8-11-12/h1,12-14H,4-11H2,2H3. The summed E-state index contributed by atoms with van der Waals surface area (Å²) >= 11 is 0. The molecule has 1 fully saturated rings. The van der Waals surface area contributed by atoms with Crippen molar-refractivity contribution in [3.8, 4) is 12.3 Å². The molecular formula is C13H23N. The molecule has 14 heavy (non-hydrogen) atoms. The van der Waals surface area contributed by atoms with E-state index in [2.05, 4.69) is 11.2 Å². The summed E-state index contributed by atoms with van der Waals surface area (Å²) in [6.07, 6.45) is 16.1. The highest BCUT2D eigenvalue weighted by molar-refractivity contribution is 4.92. The lowest BCUT2D eigenvalue weighted by Crippen LogP contribution is -2.33. The highest BCUT2D eigenvalue weighted by Gasteiger charge is 2.19. The van der Waals surface area contributed by atoms with Crippen molar-refractivity contribution >= 4 is 0 Å². The fourth-order valence-corrected chi connectivity index (χ4v) is 2.52. The van der Waals surface area contributed by atoms with Gasteiger partial charge in [-0.1, -0.05) is 32.1 Å². The molecule has 1 saturated carbocycles. The van der Waals surface area contributed by atoms with Gasteiger partial charge in [-0.05, 0) is 25.8 Å². The van der Waals surface area contributed by atoms with E-state index in [0.29, 0.717) is 6.04 Å². The molecule has 0 spiro atoms. The number of nitrogens with one attached hydrogen (secondary N) is 1. The SMILES string of the molecule is C#CCC(NC)C1CCCCCCC1. The van der Waals surface area contributed by atoms with Crippen LogP contribution in [0.4, 0.5) is 0 Å². The third kappa shape index (κ3) is 3.72. The maximum Gasteiger partial charge on any atom is 0.0243 e. The largest absolute Gasteiger partial charge is 0.316 e. The zero-order valence-corrected chi connectivity index (χ0v) is 9.39. The van der Waals surface area contributed by atoms with Gasteiger partial charge in [-0.15, -0.1) is 12.3 Å². The maximum atomic E-state index is 5.39. The predicted molar refractivity (Wildman–Crippen MR) is 62.1 cm³/mol. The lowest BCUT2D eigenvalue weighted by molar-refractivity contribution is 0.298. The first-order valence-electron chi connectivity index (χ1n) is 5.99. The molecule has 0 radical (unpaired) electrons. The van der Waals surface area contributed by atoms with Gasteiger partial charge in [0.25, 0.3) is 0 Å². The normalized spacial score (nSPS) is 22.0. The van der Waals surface area contributed by atoms with Gasteiger partial charge in [-0.25, -0.2) is 0 Å². The van der Waals surface area contributed by atoms with Crippen LogP contribution >= 0.6 is 0 Å². The van der Waals surface area contributed by atoms with Gasteiger partial charge in [0.15, 0.2) is 0 Å². The summed E-state index contributed by atoms with van der Waals surface area (Å²) < 4.78 is 0. The zero-order chi connectivity index (χ0) is 10.2. The van der Waals surface area contributed by atoms with Gasteiger partial charge in [-0.2, -0.15) is 0 Å². The predicted octanol–water partition coefficient (Wildman–Crippen LogP) is 2.96. The summed E-state index contributed by atoms with van der Waals surface area (Å²) in [4.78, 5) is 0. The summed E-state index contributed by atoms with van der Waals surface area (Å²) in [5.74, 6) is 3.61. The average molecular weight is 193 g/mol. The Morgan fingerprint density at radius 3 is 2.29 bits per heavy atom. The van der Waals surface area contributed by atoms with Crippen molar-refractivity contribution in [2.45, 2.75) is 57.4 Å². The quantitative estimate of drug-likeness (QED) is 0.679. The Bertz CT molecular complexity index is 172. The van der Waals surface area contributed by atoms with Gasteiger partial charge in [0.2, 0.25) is 0 Å². The molecule has 0 aromatic heterocycles. The highest BCUT2D eigenvalue weighted by atomic mass is 14.9. The Morgan fingerprint density at radius 1 is 1.21 bits per heavy atom. The first-order chi connectivity index (χ1) is 6.88. The minimum atomic E-state index is 0.554. The van der Waals surface area contributed by atoms with E-state index in [1.165, 1.54) is 44.9 Å². The Hall–Kier alpha value is -0.480. The van der Waals surface area contributed by atoms with Crippen LogP contribution in [0.2, 0.25) is 0 Å². The number of hydrogen-bond donors (Lipinski definition) is 1. The second-order valence-corrected chi connectivity index (χ2v) is 4.41. The van der Waals surface area contributed by atoms with Gasteiger partial charge >= 0.3 is 0 Å². The fraction of sp³-hybridized carbons (Fsp3) is 0.846. The zero-order valence-electron chi connectivity index (χ0n) is 9.39. The Labute approximate surface area is 88.7 Å². The van der Waals surface area contributed by atoms with Crippen LogP contribution in [0.15, 0.2) is 0 Å². The summed E-state index contributed by atoms with van der Waals surface area (Å²) in [6.45, 7) is 0. The second-order valence-electron chi connectivity index (χ2n) is 4.41. The van der Waals surface area contributed by atoms with Gasteiger partial charge in [0.1, 0.15) is 0 Å². The van der Waals surface area contributed by atoms with Crippen molar-refractivity contribution in [1.29, 1.82) is 0 Å². The van der Waals surface area contributed by atoms with Crippen LogP contribution in [0.1, 0.15) is 51.4 Å². The molecule has 1 aliphatic carbocycles. The molecule has 0 aromatic carbocycles. The molecule has 1 atom stereocenters. The molecule has 1 nitrogen and oxygen atoms in total. The van der Waals surface area contributed by atoms with Gasteiger partial charge < -0.3 is 5.32 Å². The minimum absolute atomic E-state index is 0.554. The fourth-order valence-electron chi connectivity index (χ4n) is 2.52. The van der Waals surface area contributed by atoms with E-state index in [1.54, 1.807) is 0 Å². The molecule has 0 heterocycles. The first-order valence-corrected chi connectivity index (χ1v) is 5.99. The molecule has 1 N–H and O–H groups in total. The molecule has 0 amide bonds. The maximum absolute atomic E-state index is 5.39. The van der Waals surface area contributed by atoms with Crippen LogP contribution in [-0.2, 0) is 0 Å². The van der Waals surface area contributed by atoms with Crippen LogP contribution in [0.25, 0.3) is 0 Å². The van der Waals surface area contributed by atoms with E-state index in [4.69, 9.17) is 6.42 Å². The van der Waals surface area contributed by atoms with Crippen molar-refractivity contribution in [2.24, 2.45) is 5.92 Å². The van der Waals surface area contributed by atoms with Crippen LogP contribution in [0.3, 0.4) is 0 Å².